The second-order valence-corrected chi connectivity index (χ2v) is 3.18. The molecule has 0 saturated heterocycles. The average molecular weight is 470 g/mol. The van der Waals surface area contributed by atoms with Gasteiger partial charge in [0.05, 0.1) is 0 Å². The molecule has 22 heavy (non-hydrogen) atoms. The van der Waals surface area contributed by atoms with Crippen LogP contribution in [-0.4, -0.2) is 57.3 Å². The van der Waals surface area contributed by atoms with Crippen molar-refractivity contribution in [2.24, 2.45) is 0 Å². The Labute approximate surface area is 164 Å². The Morgan fingerprint density at radius 1 is 0.500 bits per heavy atom. The van der Waals surface area contributed by atoms with E-state index in [0.29, 0.717) is 0 Å². The van der Waals surface area contributed by atoms with Gasteiger partial charge in [-0.2, -0.15) is 0 Å². The maximum absolute atomic E-state index is 9.17. The van der Waals surface area contributed by atoms with Crippen LogP contribution in [0.2, 0.25) is 0 Å². The molecular formula is C12H27Cl3MoO6. The maximum atomic E-state index is 9.17. The van der Waals surface area contributed by atoms with E-state index in [0.717, 1.165) is 0 Å². The summed E-state index contributed by atoms with van der Waals surface area (Å²) in [4.78, 5) is 0. The van der Waals surface area contributed by atoms with Gasteiger partial charge in [-0.3, -0.25) is 0 Å². The summed E-state index contributed by atoms with van der Waals surface area (Å²) >= 11 is 14.6. The third-order valence-corrected chi connectivity index (χ3v) is 0.694. The number of alkyl halides is 3. The predicted octanol–water partition coefficient (Wildman–Crippen LogP) is -3.15. The molecule has 0 aromatic rings. The van der Waals surface area contributed by atoms with Crippen LogP contribution in [-0.2, 0) is 21.1 Å². The maximum Gasteiger partial charge on any atom is 6.00 e. The van der Waals surface area contributed by atoms with Gasteiger partial charge in [-0.05, 0) is 0 Å². The van der Waals surface area contributed by atoms with Crippen molar-refractivity contribution in [3.05, 3.63) is 0 Å². The van der Waals surface area contributed by atoms with E-state index >= 15 is 0 Å². The zero-order valence-electron chi connectivity index (χ0n) is 13.4. The van der Waals surface area contributed by atoms with Crippen molar-refractivity contribution < 1.29 is 51.7 Å². The molecule has 0 atom stereocenters. The molecule has 138 valence electrons. The minimum atomic E-state index is -0.165. The first kappa shape index (κ1) is 43.6. The Morgan fingerprint density at radius 3 is 0.545 bits per heavy atom. The van der Waals surface area contributed by atoms with Gasteiger partial charge in [-0.25, -0.2) is 0 Å². The summed E-state index contributed by atoms with van der Waals surface area (Å²) in [6.45, 7) is 4.21. The van der Waals surface area contributed by atoms with E-state index in [-0.39, 0.29) is 78.3 Å². The van der Waals surface area contributed by atoms with Crippen molar-refractivity contribution in [3.63, 3.8) is 0 Å². The van der Waals surface area contributed by atoms with Gasteiger partial charge in [0.1, 0.15) is 0 Å². The summed E-state index contributed by atoms with van der Waals surface area (Å²) in [5.74, 6) is 0.708. The minimum absolute atomic E-state index is 0. The molecule has 0 rings (SSSR count). The molecule has 0 fully saturated rings. The predicted molar refractivity (Wildman–Crippen MR) is 78.4 cm³/mol. The van der Waals surface area contributed by atoms with Crippen molar-refractivity contribution in [3.8, 4) is 0 Å². The van der Waals surface area contributed by atoms with Gasteiger partial charge in [0.15, 0.2) is 0 Å². The Hall–Kier alpha value is 1.32. The molecule has 0 spiro atoms. The molecule has 0 saturated carbocycles. The quantitative estimate of drug-likeness (QED) is 0.316. The Morgan fingerprint density at radius 2 is 0.545 bits per heavy atom. The van der Waals surface area contributed by atoms with Gasteiger partial charge in [-0.15, -0.1) is 74.4 Å². The smallest absolute Gasteiger partial charge is 0.855 e. The second-order valence-electron chi connectivity index (χ2n) is 2.05. The van der Waals surface area contributed by atoms with Gasteiger partial charge >= 0.3 is 21.1 Å². The summed E-state index contributed by atoms with van der Waals surface area (Å²) in [5.41, 5.74) is 0. The number of halogens is 3. The van der Waals surface area contributed by atoms with Crippen LogP contribution in [0.4, 0.5) is 0 Å². The van der Waals surface area contributed by atoms with Crippen molar-refractivity contribution in [1.29, 1.82) is 0 Å². The third kappa shape index (κ3) is 472. The fourth-order valence-corrected chi connectivity index (χ4v) is 0. The largest absolute Gasteiger partial charge is 6.00 e. The summed E-state index contributed by atoms with van der Waals surface area (Å²) in [7, 11) is 0. The van der Waals surface area contributed by atoms with Gasteiger partial charge < -0.3 is 30.6 Å². The molecule has 0 aliphatic carbocycles. The summed E-state index contributed by atoms with van der Waals surface area (Å²) < 4.78 is 0. The molecule has 6 nitrogen and oxygen atoms in total. The summed E-state index contributed by atoms with van der Waals surface area (Å²) in [6, 6.07) is 0. The van der Waals surface area contributed by atoms with E-state index in [1.54, 1.807) is 20.8 Å². The van der Waals surface area contributed by atoms with Crippen molar-refractivity contribution >= 4 is 34.8 Å². The molecule has 0 unspecified atom stereocenters. The summed E-state index contributed by atoms with van der Waals surface area (Å²) in [6.07, 6.45) is 0. The Kier molecular flexibility index (Phi) is 189. The first-order valence-corrected chi connectivity index (χ1v) is 7.76. The zero-order chi connectivity index (χ0) is 18.4. The zero-order valence-corrected chi connectivity index (χ0v) is 17.6. The number of hydrogen-bond donors (Lipinski definition) is 0. The van der Waals surface area contributed by atoms with Crippen LogP contribution in [0.15, 0.2) is 0 Å². The van der Waals surface area contributed by atoms with Crippen molar-refractivity contribution in [1.82, 2.24) is 0 Å². The molecule has 0 heterocycles. The molecule has 0 amide bonds. The van der Waals surface area contributed by atoms with E-state index in [1.165, 1.54) is 0 Å². The Balaban J connectivity index is -0.0000000245. The fourth-order valence-electron chi connectivity index (χ4n) is 0. The van der Waals surface area contributed by atoms with E-state index in [2.05, 4.69) is 0 Å². The molecule has 0 aliphatic rings. The fraction of sp³-hybridized carbons (Fsp3) is 1.00. The van der Waals surface area contributed by atoms with E-state index < -0.39 is 0 Å². The van der Waals surface area contributed by atoms with Gasteiger partial charge in [0, 0.05) is 17.6 Å². The van der Waals surface area contributed by atoms with Crippen LogP contribution in [0.3, 0.4) is 0 Å². The molecule has 0 aromatic heterocycles. The van der Waals surface area contributed by atoms with Gasteiger partial charge in [0.2, 0.25) is 0 Å². The third-order valence-electron chi connectivity index (χ3n) is 0.231. The normalized spacial score (nSPS) is 6.55. The van der Waals surface area contributed by atoms with E-state index in [9.17, 15) is 0 Å². The van der Waals surface area contributed by atoms with Crippen LogP contribution in [0, 0.1) is 0 Å². The minimum Gasteiger partial charge on any atom is -0.855 e. The molecule has 0 radical (unpaired) electrons. The monoisotopic (exact) mass is 470 g/mol. The summed E-state index contributed by atoms with van der Waals surface area (Å²) in [5, 5.41) is 54.3. The molecule has 0 aromatic carbocycles. The standard InChI is InChI=1S/3C2H4ClO.3C2H5O.Mo/c3*3-1-2-4;3*1-2-3;/h3*1-2H2;3*2H2,1H3;/q6*-1;+6. The Bertz CT molecular complexity index is 71.6. The first-order valence-electron chi connectivity index (χ1n) is 6.16. The molecule has 0 aliphatic heterocycles. The van der Waals surface area contributed by atoms with Crippen LogP contribution in [0.25, 0.3) is 0 Å². The molecule has 10 heteroatoms. The van der Waals surface area contributed by atoms with Crippen molar-refractivity contribution in [2.75, 3.05) is 57.3 Å². The second kappa shape index (κ2) is 95.3. The SMILES string of the molecule is CC[O-].CC[O-].CC[O-].[Mo+6].[O-]CCCl.[O-]CCCl.[O-]CCCl. The molecular weight excluding hydrogens is 442 g/mol. The first-order chi connectivity index (χ1) is 9.99. The van der Waals surface area contributed by atoms with E-state index in [1.807, 2.05) is 0 Å². The van der Waals surface area contributed by atoms with Crippen LogP contribution in [0.1, 0.15) is 20.8 Å². The van der Waals surface area contributed by atoms with Crippen LogP contribution < -0.4 is 30.6 Å². The van der Waals surface area contributed by atoms with Gasteiger partial charge in [-0.1, -0.05) is 20.8 Å². The van der Waals surface area contributed by atoms with Gasteiger partial charge in [0.25, 0.3) is 0 Å². The van der Waals surface area contributed by atoms with E-state index in [4.69, 9.17) is 65.4 Å². The van der Waals surface area contributed by atoms with Crippen LogP contribution >= 0.6 is 34.8 Å². The number of hydrogen-bond acceptors (Lipinski definition) is 6. The molecule has 0 N–H and O–H groups in total. The number of rotatable bonds is 3. The van der Waals surface area contributed by atoms with Crippen LogP contribution in [0.5, 0.6) is 0 Å². The van der Waals surface area contributed by atoms with Crippen molar-refractivity contribution in [2.45, 2.75) is 20.8 Å². The molecule has 0 bridgehead atoms. The topological polar surface area (TPSA) is 138 Å². The average Bonchev–Trinajstić information content (AvgIpc) is 2.50.